The van der Waals surface area contributed by atoms with Crippen LogP contribution in [0.25, 0.3) is 0 Å². The smallest absolute Gasteiger partial charge is 0.337 e. The highest BCUT2D eigenvalue weighted by atomic mass is 35.5. The number of anilines is 2. The maximum absolute atomic E-state index is 12.5. The van der Waals surface area contributed by atoms with E-state index in [9.17, 15) is 18.3 Å². The number of hydrogen-bond donors (Lipinski definition) is 2. The monoisotopic (exact) mass is 454 g/mol. The molecule has 0 radical (unpaired) electrons. The van der Waals surface area contributed by atoms with Crippen LogP contribution in [0.4, 0.5) is 11.4 Å². The van der Waals surface area contributed by atoms with Crippen molar-refractivity contribution in [3.63, 3.8) is 0 Å². The molecule has 154 valence electrons. The molecule has 1 aliphatic rings. The summed E-state index contributed by atoms with van der Waals surface area (Å²) in [4.78, 5) is 15.9. The summed E-state index contributed by atoms with van der Waals surface area (Å²) < 4.78 is 27.7. The number of hydrogen-bond acceptors (Lipinski definition) is 7. The number of benzene rings is 1. The van der Waals surface area contributed by atoms with Crippen molar-refractivity contribution in [1.29, 1.82) is 5.26 Å². The first kappa shape index (κ1) is 21.4. The van der Waals surface area contributed by atoms with Gasteiger partial charge in [-0.2, -0.15) is 5.26 Å². The van der Waals surface area contributed by atoms with Crippen LogP contribution in [0.1, 0.15) is 16.8 Å². The van der Waals surface area contributed by atoms with Gasteiger partial charge in [-0.05, 0) is 30.3 Å². The van der Waals surface area contributed by atoms with E-state index in [1.165, 1.54) is 18.2 Å². The molecule has 1 aromatic carbocycles. The minimum absolute atomic E-state index is 0.0277. The van der Waals surface area contributed by atoms with Crippen LogP contribution in [-0.2, 0) is 10.0 Å². The zero-order valence-electron chi connectivity index (χ0n) is 15.3. The lowest BCUT2D eigenvalue weighted by molar-refractivity contribution is 0.0697. The first-order chi connectivity index (χ1) is 13.8. The molecule has 1 fully saturated rings. The van der Waals surface area contributed by atoms with Crippen LogP contribution >= 0.6 is 22.9 Å². The first-order valence-electron chi connectivity index (χ1n) is 8.80. The van der Waals surface area contributed by atoms with Gasteiger partial charge >= 0.3 is 5.97 Å². The molecule has 0 spiro atoms. The Labute approximate surface area is 178 Å². The number of nitriles is 1. The van der Waals surface area contributed by atoms with Gasteiger partial charge in [0.1, 0.15) is 4.21 Å². The van der Waals surface area contributed by atoms with E-state index >= 15 is 0 Å². The molecule has 0 amide bonds. The number of halogens is 1. The number of rotatable bonds is 7. The fourth-order valence-corrected chi connectivity index (χ4v) is 5.65. The second-order valence-electron chi connectivity index (χ2n) is 6.44. The summed E-state index contributed by atoms with van der Waals surface area (Å²) in [5.74, 6) is -1.13. The van der Waals surface area contributed by atoms with Gasteiger partial charge in [-0.3, -0.25) is 9.62 Å². The SMILES string of the molecule is N#CCCN1CCN(c2ccc(NS(=O)(=O)c3ccc(Cl)s3)cc2C(=O)O)CC1. The normalized spacial score (nSPS) is 15.1. The summed E-state index contributed by atoms with van der Waals surface area (Å²) in [5.41, 5.74) is 0.739. The molecular weight excluding hydrogens is 436 g/mol. The second-order valence-corrected chi connectivity index (χ2v) is 10.1. The number of carboxylic acids is 1. The van der Waals surface area contributed by atoms with Crippen LogP contribution in [0.2, 0.25) is 4.34 Å². The first-order valence-corrected chi connectivity index (χ1v) is 11.5. The van der Waals surface area contributed by atoms with Crippen molar-refractivity contribution in [2.45, 2.75) is 10.6 Å². The Morgan fingerprint density at radius 2 is 1.97 bits per heavy atom. The molecule has 1 aromatic heterocycles. The van der Waals surface area contributed by atoms with Gasteiger partial charge in [-0.25, -0.2) is 13.2 Å². The largest absolute Gasteiger partial charge is 0.478 e. The zero-order valence-corrected chi connectivity index (χ0v) is 17.7. The Kier molecular flexibility index (Phi) is 6.64. The van der Waals surface area contributed by atoms with Gasteiger partial charge in [-0.15, -0.1) is 11.3 Å². The van der Waals surface area contributed by atoms with Crippen molar-refractivity contribution in [3.8, 4) is 6.07 Å². The third-order valence-corrected chi connectivity index (χ3v) is 7.65. The molecular formula is C18H19ClN4O4S2. The van der Waals surface area contributed by atoms with Gasteiger partial charge in [0.05, 0.1) is 21.7 Å². The number of carbonyl (C=O) groups is 1. The van der Waals surface area contributed by atoms with Crippen molar-refractivity contribution in [2.75, 3.05) is 42.3 Å². The molecule has 2 heterocycles. The maximum Gasteiger partial charge on any atom is 0.337 e. The Morgan fingerprint density at radius 3 is 2.55 bits per heavy atom. The Morgan fingerprint density at radius 1 is 1.24 bits per heavy atom. The third-order valence-electron chi connectivity index (χ3n) is 4.55. The van der Waals surface area contributed by atoms with Gasteiger partial charge in [0.25, 0.3) is 10.0 Å². The lowest BCUT2D eigenvalue weighted by Crippen LogP contribution is -2.47. The molecule has 1 aliphatic heterocycles. The second kappa shape index (κ2) is 9.00. The number of thiophene rings is 1. The summed E-state index contributed by atoms with van der Waals surface area (Å²) in [6.45, 7) is 3.42. The quantitative estimate of drug-likeness (QED) is 0.661. The molecule has 1 saturated heterocycles. The van der Waals surface area contributed by atoms with E-state index in [2.05, 4.69) is 15.7 Å². The van der Waals surface area contributed by atoms with Gasteiger partial charge in [0.2, 0.25) is 0 Å². The average Bonchev–Trinajstić information content (AvgIpc) is 3.14. The fraction of sp³-hybridized carbons (Fsp3) is 0.333. The molecule has 0 saturated carbocycles. The molecule has 8 nitrogen and oxygen atoms in total. The topological polar surface area (TPSA) is 114 Å². The third kappa shape index (κ3) is 5.19. The predicted molar refractivity (Wildman–Crippen MR) is 112 cm³/mol. The Bertz CT molecular complexity index is 1040. The van der Waals surface area contributed by atoms with Crippen LogP contribution in [0.5, 0.6) is 0 Å². The molecule has 2 N–H and O–H groups in total. The van der Waals surface area contributed by atoms with Gasteiger partial charge in [0, 0.05) is 44.8 Å². The van der Waals surface area contributed by atoms with E-state index in [1.807, 2.05) is 4.90 Å². The van der Waals surface area contributed by atoms with E-state index in [0.717, 1.165) is 24.4 Å². The number of aromatic carboxylic acids is 1. The van der Waals surface area contributed by atoms with Crippen molar-refractivity contribution in [3.05, 3.63) is 40.2 Å². The number of piperazine rings is 1. The highest BCUT2D eigenvalue weighted by Crippen LogP contribution is 2.30. The van der Waals surface area contributed by atoms with Crippen LogP contribution < -0.4 is 9.62 Å². The maximum atomic E-state index is 12.5. The van der Waals surface area contributed by atoms with Crippen LogP contribution in [0.3, 0.4) is 0 Å². The minimum atomic E-state index is -3.84. The molecule has 2 aromatic rings. The van der Waals surface area contributed by atoms with Crippen LogP contribution in [-0.4, -0.2) is 57.1 Å². The van der Waals surface area contributed by atoms with Crippen molar-refractivity contribution < 1.29 is 18.3 Å². The molecule has 29 heavy (non-hydrogen) atoms. The van der Waals surface area contributed by atoms with E-state index in [0.29, 0.717) is 36.1 Å². The van der Waals surface area contributed by atoms with Crippen molar-refractivity contribution >= 4 is 50.3 Å². The molecule has 11 heteroatoms. The van der Waals surface area contributed by atoms with Crippen LogP contribution in [0, 0.1) is 11.3 Å². The summed E-state index contributed by atoms with van der Waals surface area (Å²) in [7, 11) is -3.84. The van der Waals surface area contributed by atoms with E-state index < -0.39 is 16.0 Å². The lowest BCUT2D eigenvalue weighted by Gasteiger charge is -2.36. The molecule has 0 atom stereocenters. The lowest BCUT2D eigenvalue weighted by atomic mass is 10.1. The van der Waals surface area contributed by atoms with Crippen molar-refractivity contribution in [1.82, 2.24) is 4.90 Å². The average molecular weight is 455 g/mol. The summed E-state index contributed by atoms with van der Waals surface area (Å²) in [5, 5.41) is 18.3. The minimum Gasteiger partial charge on any atom is -0.478 e. The number of nitrogens with one attached hydrogen (secondary N) is 1. The summed E-state index contributed by atoms with van der Waals surface area (Å²) in [6, 6.07) is 9.51. The Hall–Kier alpha value is -2.32. The van der Waals surface area contributed by atoms with Crippen molar-refractivity contribution in [2.24, 2.45) is 0 Å². The molecule has 3 rings (SSSR count). The Balaban J connectivity index is 1.78. The van der Waals surface area contributed by atoms with E-state index in [4.69, 9.17) is 16.9 Å². The number of carboxylic acid groups (broad SMARTS) is 1. The van der Waals surface area contributed by atoms with E-state index in [1.54, 1.807) is 12.1 Å². The van der Waals surface area contributed by atoms with E-state index in [-0.39, 0.29) is 15.5 Å². The van der Waals surface area contributed by atoms with Gasteiger partial charge < -0.3 is 10.0 Å². The van der Waals surface area contributed by atoms with Crippen LogP contribution in [0.15, 0.2) is 34.5 Å². The highest BCUT2D eigenvalue weighted by Gasteiger charge is 2.23. The number of nitrogens with zero attached hydrogens (tertiary/aromatic N) is 3. The van der Waals surface area contributed by atoms with Gasteiger partial charge in [0.15, 0.2) is 0 Å². The zero-order chi connectivity index (χ0) is 21.0. The molecule has 0 bridgehead atoms. The summed E-state index contributed by atoms with van der Waals surface area (Å²) >= 11 is 6.73. The molecule has 0 aliphatic carbocycles. The standard InChI is InChI=1S/C18H19ClN4O4S2/c19-16-4-5-17(28-16)29(26,27)21-13-2-3-15(14(12-13)18(24)25)23-10-8-22(9-11-23)7-1-6-20/h2-5,12,21H,1,7-11H2,(H,24,25). The fourth-order valence-electron chi connectivity index (χ4n) is 3.11. The molecule has 0 unspecified atom stereocenters. The summed E-state index contributed by atoms with van der Waals surface area (Å²) in [6.07, 6.45) is 0.463. The number of sulfonamides is 1. The highest BCUT2D eigenvalue weighted by molar-refractivity contribution is 7.94. The van der Waals surface area contributed by atoms with Gasteiger partial charge in [-0.1, -0.05) is 11.6 Å². The predicted octanol–water partition coefficient (Wildman–Crippen LogP) is 2.94.